The van der Waals surface area contributed by atoms with Gasteiger partial charge in [0, 0.05) is 4.90 Å². The molecule has 0 aliphatic carbocycles. The second-order valence-corrected chi connectivity index (χ2v) is 18.6. The van der Waals surface area contributed by atoms with Crippen LogP contribution in [0.2, 0.25) is 0 Å². The minimum absolute atomic E-state index is 0.187. The molecule has 6 aromatic rings. The van der Waals surface area contributed by atoms with Crippen LogP contribution in [0.5, 0.6) is 0 Å². The summed E-state index contributed by atoms with van der Waals surface area (Å²) in [6.07, 6.45) is -6.16. The van der Waals surface area contributed by atoms with Gasteiger partial charge < -0.3 is 47.4 Å². The molecular formula is C56H60O10S. The molecule has 0 saturated carbocycles. The zero-order valence-electron chi connectivity index (χ0n) is 38.0. The molecule has 67 heavy (non-hydrogen) atoms. The monoisotopic (exact) mass is 924 g/mol. The SMILES string of the molecule is CC1(C)O[C@H]2[C@@H](O1)[C@@H](COCc1ccccc1)O[C@@H](O[C@H]1[C@H](OCc3ccccc3)[C@@H](OCc3ccccc3)[C@H](Sc3ccccc3)O[C@@H]1COCc1ccccc1)[C@@H]2OCc1ccccc1. The van der Waals surface area contributed by atoms with E-state index in [0.717, 1.165) is 32.7 Å². The Morgan fingerprint density at radius 3 is 1.31 bits per heavy atom. The summed E-state index contributed by atoms with van der Waals surface area (Å²) in [5.74, 6) is -0.930. The number of ether oxygens (including phenoxy) is 10. The van der Waals surface area contributed by atoms with Crippen molar-refractivity contribution in [2.45, 2.75) is 118 Å². The van der Waals surface area contributed by atoms with Gasteiger partial charge in [-0.3, -0.25) is 0 Å². The van der Waals surface area contributed by atoms with Crippen molar-refractivity contribution >= 4 is 11.8 Å². The third kappa shape index (κ3) is 13.1. The molecule has 0 aromatic heterocycles. The minimum Gasteiger partial charge on any atom is -0.374 e. The predicted molar refractivity (Wildman–Crippen MR) is 256 cm³/mol. The first-order valence-corrected chi connectivity index (χ1v) is 24.1. The fraction of sp³-hybridized carbons (Fsp3) is 0.357. The molecule has 3 saturated heterocycles. The number of hydrogen-bond donors (Lipinski definition) is 0. The Balaban J connectivity index is 1.08. The minimum atomic E-state index is -0.992. The van der Waals surface area contributed by atoms with Crippen LogP contribution in [0.4, 0.5) is 0 Å². The highest BCUT2D eigenvalue weighted by atomic mass is 32.2. The van der Waals surface area contributed by atoms with E-state index in [1.807, 2.05) is 147 Å². The van der Waals surface area contributed by atoms with Crippen LogP contribution in [0.3, 0.4) is 0 Å². The summed E-state index contributed by atoms with van der Waals surface area (Å²) in [4.78, 5) is 1.03. The number of benzene rings is 6. The average Bonchev–Trinajstić information content (AvgIpc) is 3.70. The first-order chi connectivity index (χ1) is 32.9. The van der Waals surface area contributed by atoms with E-state index >= 15 is 0 Å². The van der Waals surface area contributed by atoms with Gasteiger partial charge in [-0.1, -0.05) is 182 Å². The summed E-state index contributed by atoms with van der Waals surface area (Å²) in [5, 5.41) is 0. The number of hydrogen-bond acceptors (Lipinski definition) is 11. The van der Waals surface area contributed by atoms with Crippen LogP contribution in [0.1, 0.15) is 41.7 Å². The lowest BCUT2D eigenvalue weighted by Crippen LogP contribution is -2.65. The Bertz CT molecular complexity index is 2330. The number of thioether (sulfide) groups is 1. The molecule has 0 N–H and O–H groups in total. The molecule has 3 fully saturated rings. The maximum atomic E-state index is 7.44. The van der Waals surface area contributed by atoms with Gasteiger partial charge in [0.15, 0.2) is 12.1 Å². The second-order valence-electron chi connectivity index (χ2n) is 17.5. The second kappa shape index (κ2) is 23.5. The molecule has 0 unspecified atom stereocenters. The van der Waals surface area contributed by atoms with Crippen LogP contribution in [-0.4, -0.2) is 79.6 Å². The first-order valence-electron chi connectivity index (χ1n) is 23.2. The molecule has 3 heterocycles. The molecule has 3 aliphatic rings. The molecule has 9 rings (SSSR count). The van der Waals surface area contributed by atoms with E-state index in [1.165, 1.54) is 0 Å². The molecule has 3 aliphatic heterocycles. The van der Waals surface area contributed by atoms with Crippen molar-refractivity contribution in [2.75, 3.05) is 13.2 Å². The largest absolute Gasteiger partial charge is 0.374 e. The van der Waals surface area contributed by atoms with E-state index in [9.17, 15) is 0 Å². The smallest absolute Gasteiger partial charge is 0.187 e. The van der Waals surface area contributed by atoms with Crippen LogP contribution in [0, 0.1) is 0 Å². The van der Waals surface area contributed by atoms with Crippen LogP contribution < -0.4 is 0 Å². The molecule has 0 radical (unpaired) electrons. The summed E-state index contributed by atoms with van der Waals surface area (Å²) in [6.45, 7) is 5.91. The Hall–Kier alpha value is -4.73. The van der Waals surface area contributed by atoms with Gasteiger partial charge in [0.2, 0.25) is 0 Å². The van der Waals surface area contributed by atoms with Gasteiger partial charge in [0.05, 0.1) is 46.2 Å². The molecule has 6 aromatic carbocycles. The Morgan fingerprint density at radius 2 is 0.821 bits per heavy atom. The van der Waals surface area contributed by atoms with E-state index in [1.54, 1.807) is 11.8 Å². The molecule has 0 spiro atoms. The fourth-order valence-electron chi connectivity index (χ4n) is 8.72. The summed E-state index contributed by atoms with van der Waals surface area (Å²) in [7, 11) is 0. The van der Waals surface area contributed by atoms with Gasteiger partial charge in [0.1, 0.15) is 54.3 Å². The van der Waals surface area contributed by atoms with Gasteiger partial charge in [-0.25, -0.2) is 0 Å². The van der Waals surface area contributed by atoms with Gasteiger partial charge >= 0.3 is 0 Å². The lowest BCUT2D eigenvalue weighted by molar-refractivity contribution is -0.342. The lowest BCUT2D eigenvalue weighted by atomic mass is 9.96. The molecule has 350 valence electrons. The van der Waals surface area contributed by atoms with Crippen molar-refractivity contribution in [3.8, 4) is 0 Å². The summed E-state index contributed by atoms with van der Waals surface area (Å²) in [6, 6.07) is 60.8. The zero-order valence-corrected chi connectivity index (χ0v) is 38.9. The van der Waals surface area contributed by atoms with E-state index in [2.05, 4.69) is 48.5 Å². The van der Waals surface area contributed by atoms with Gasteiger partial charge in [-0.2, -0.15) is 0 Å². The summed E-state index contributed by atoms with van der Waals surface area (Å²) >= 11 is 1.59. The molecule has 10 atom stereocenters. The topological polar surface area (TPSA) is 92.3 Å². The van der Waals surface area contributed by atoms with E-state index < -0.39 is 66.3 Å². The lowest BCUT2D eigenvalue weighted by Gasteiger charge is -2.49. The number of rotatable bonds is 21. The van der Waals surface area contributed by atoms with Gasteiger partial charge in [-0.05, 0) is 53.8 Å². The Labute approximate surface area is 398 Å². The molecule has 0 amide bonds. The van der Waals surface area contributed by atoms with Crippen molar-refractivity contribution in [2.24, 2.45) is 0 Å². The van der Waals surface area contributed by atoms with Crippen LogP contribution >= 0.6 is 11.8 Å². The van der Waals surface area contributed by atoms with Crippen LogP contribution in [-0.2, 0) is 80.4 Å². The quantitative estimate of drug-likeness (QED) is 0.0691. The van der Waals surface area contributed by atoms with Crippen molar-refractivity contribution in [3.63, 3.8) is 0 Å². The van der Waals surface area contributed by atoms with Gasteiger partial charge in [0.25, 0.3) is 0 Å². The highest BCUT2D eigenvalue weighted by Crippen LogP contribution is 2.43. The van der Waals surface area contributed by atoms with E-state index in [4.69, 9.17) is 47.4 Å². The predicted octanol–water partition coefficient (Wildman–Crippen LogP) is 10.3. The zero-order chi connectivity index (χ0) is 45.7. The normalized spacial score (nSPS) is 26.8. The Kier molecular flexibility index (Phi) is 16.6. The molecule has 0 bridgehead atoms. The molecule has 10 nitrogen and oxygen atoms in total. The van der Waals surface area contributed by atoms with Gasteiger partial charge in [-0.15, -0.1) is 0 Å². The third-order valence-corrected chi connectivity index (χ3v) is 13.1. The summed E-state index contributed by atoms with van der Waals surface area (Å²) < 4.78 is 69.1. The standard InChI is InChI=1S/C56H60O10S/c1-56(2)65-49-47(39-58-34-41-23-11-4-12-24-41)62-54(52(51(49)66-56)60-36-43-27-15-6-16-28-43)64-48-46(38-57-33-40-21-9-3-10-22-40)63-55(67-45-31-19-8-20-32-45)53(61-37-44-29-17-7-18-30-44)50(48)59-35-42-25-13-5-14-26-42/h3-32,46-55H,33-39H2,1-2H3/t46-,47-,48-,49+,50+,51+,52-,53-,54+,55+/m1/s1. The highest BCUT2D eigenvalue weighted by molar-refractivity contribution is 7.99. The average molecular weight is 925 g/mol. The van der Waals surface area contributed by atoms with Crippen molar-refractivity contribution in [1.29, 1.82) is 0 Å². The van der Waals surface area contributed by atoms with Crippen LogP contribution in [0.25, 0.3) is 0 Å². The highest BCUT2D eigenvalue weighted by Gasteiger charge is 2.58. The van der Waals surface area contributed by atoms with E-state index in [-0.39, 0.29) is 19.8 Å². The summed E-state index contributed by atoms with van der Waals surface area (Å²) in [5.41, 5.74) is 4.60. The number of fused-ring (bicyclic) bond motifs is 1. The maximum Gasteiger partial charge on any atom is 0.187 e. The van der Waals surface area contributed by atoms with E-state index in [0.29, 0.717) is 26.4 Å². The fourth-order valence-corrected chi connectivity index (χ4v) is 9.87. The molecule has 11 heteroatoms. The van der Waals surface area contributed by atoms with Crippen LogP contribution in [0.15, 0.2) is 187 Å². The third-order valence-electron chi connectivity index (χ3n) is 12.0. The van der Waals surface area contributed by atoms with Crippen molar-refractivity contribution in [1.82, 2.24) is 0 Å². The molecular weight excluding hydrogens is 865 g/mol. The van der Waals surface area contributed by atoms with Crippen molar-refractivity contribution in [3.05, 3.63) is 210 Å². The Morgan fingerprint density at radius 1 is 0.418 bits per heavy atom. The first kappa shape index (κ1) is 47.3. The maximum absolute atomic E-state index is 7.44. The van der Waals surface area contributed by atoms with Crippen molar-refractivity contribution < 1.29 is 47.4 Å².